The van der Waals surface area contributed by atoms with E-state index in [0.29, 0.717) is 11.3 Å². The van der Waals surface area contributed by atoms with Gasteiger partial charge < -0.3 is 4.98 Å². The molecule has 8 nitrogen and oxygen atoms in total. The molecule has 0 bridgehead atoms. The zero-order valence-electron chi connectivity index (χ0n) is 16.8. The van der Waals surface area contributed by atoms with Crippen molar-refractivity contribution in [3.05, 3.63) is 97.1 Å². The highest BCUT2D eigenvalue weighted by molar-refractivity contribution is 5.94. The van der Waals surface area contributed by atoms with Crippen LogP contribution in [0.2, 0.25) is 0 Å². The molecule has 0 fully saturated rings. The number of nitrogens with one attached hydrogen (secondary N) is 1. The highest BCUT2D eigenvalue weighted by Gasteiger charge is 2.10. The van der Waals surface area contributed by atoms with Gasteiger partial charge in [0, 0.05) is 29.1 Å². The summed E-state index contributed by atoms with van der Waals surface area (Å²) in [5, 5.41) is 7.66. The third-order valence-corrected chi connectivity index (χ3v) is 4.84. The molecule has 1 amide bonds. The average Bonchev–Trinajstić information content (AvgIpc) is 3.29. The molecular weight excluding hydrogens is 402 g/mol. The van der Waals surface area contributed by atoms with Crippen molar-refractivity contribution < 1.29 is 4.79 Å². The lowest BCUT2D eigenvalue weighted by Crippen LogP contribution is -1.93. The van der Waals surface area contributed by atoms with Crippen molar-refractivity contribution in [2.24, 2.45) is 10.2 Å². The van der Waals surface area contributed by atoms with Gasteiger partial charge in [0.25, 0.3) is 0 Å². The number of H-pyrrole nitrogens is 1. The molecule has 32 heavy (non-hydrogen) atoms. The number of rotatable bonds is 4. The molecular formula is C24H16N7O+. The maximum absolute atomic E-state index is 12.0. The van der Waals surface area contributed by atoms with Crippen LogP contribution in [0.4, 0.5) is 5.69 Å². The highest BCUT2D eigenvalue weighted by Crippen LogP contribution is 2.26. The number of aromatic amines is 1. The molecule has 8 heteroatoms. The van der Waals surface area contributed by atoms with Crippen molar-refractivity contribution in [2.45, 2.75) is 0 Å². The first-order valence-corrected chi connectivity index (χ1v) is 9.83. The van der Waals surface area contributed by atoms with Gasteiger partial charge in [0.1, 0.15) is 12.2 Å². The van der Waals surface area contributed by atoms with Gasteiger partial charge in [0.2, 0.25) is 10.0 Å². The Morgan fingerprint density at radius 1 is 0.844 bits per heavy atom. The number of carbonyl (C=O) groups excluding carboxylic acids is 1. The summed E-state index contributed by atoms with van der Waals surface area (Å²) in [6.07, 6.45) is 5.06. The molecule has 3 aromatic carbocycles. The van der Waals surface area contributed by atoms with E-state index in [1.807, 2.05) is 36.4 Å². The van der Waals surface area contributed by atoms with Crippen LogP contribution in [0.25, 0.3) is 33.5 Å². The lowest BCUT2D eigenvalue weighted by molar-refractivity contribution is 0.0992. The van der Waals surface area contributed by atoms with Gasteiger partial charge >= 0.3 is 5.91 Å². The minimum Gasteiger partial charge on any atom is -0.338 e. The summed E-state index contributed by atoms with van der Waals surface area (Å²) in [7, 11) is 0. The maximum atomic E-state index is 12.0. The van der Waals surface area contributed by atoms with E-state index in [-0.39, 0.29) is 0 Å². The summed E-state index contributed by atoms with van der Waals surface area (Å²) >= 11 is 0. The van der Waals surface area contributed by atoms with Crippen LogP contribution in [0, 0.1) is 0 Å². The Hall–Kier alpha value is -4.81. The van der Waals surface area contributed by atoms with Crippen LogP contribution in [-0.2, 0) is 0 Å². The van der Waals surface area contributed by atoms with E-state index in [1.54, 1.807) is 48.8 Å². The second-order valence-electron chi connectivity index (χ2n) is 6.95. The number of benzene rings is 3. The van der Waals surface area contributed by atoms with Crippen molar-refractivity contribution in [3.63, 3.8) is 0 Å². The molecule has 5 rings (SSSR count). The van der Waals surface area contributed by atoms with Crippen LogP contribution in [0.1, 0.15) is 10.4 Å². The van der Waals surface area contributed by atoms with Crippen LogP contribution in [0.3, 0.4) is 0 Å². The second-order valence-corrected chi connectivity index (χ2v) is 6.95. The minimum atomic E-state index is -0.442. The number of hydrogen-bond acceptors (Lipinski definition) is 5. The quantitative estimate of drug-likeness (QED) is 0.322. The SMILES string of the molecule is O=C(N=[N+]=Nc1ccc2[nH]c(-c3ccc(-c4cncnc4)cc3)nc2c1)c1ccccc1. The summed E-state index contributed by atoms with van der Waals surface area (Å²) in [5.41, 5.74) is 5.57. The Balaban J connectivity index is 1.37. The molecule has 5 aromatic rings. The number of fused-ring (bicyclic) bond motifs is 1. The number of carbonyl (C=O) groups is 1. The van der Waals surface area contributed by atoms with E-state index in [9.17, 15) is 4.79 Å². The minimum absolute atomic E-state index is 0.442. The van der Waals surface area contributed by atoms with Gasteiger partial charge in [-0.2, -0.15) is 0 Å². The zero-order chi connectivity index (χ0) is 21.8. The molecule has 1 N–H and O–H groups in total. The Kier molecular flexibility index (Phi) is 5.10. The number of nitrogens with zero attached hydrogens (tertiary/aromatic N) is 6. The van der Waals surface area contributed by atoms with Gasteiger partial charge in [-0.3, -0.25) is 4.79 Å². The summed E-state index contributed by atoms with van der Waals surface area (Å²) in [6.45, 7) is 0. The van der Waals surface area contributed by atoms with E-state index in [4.69, 9.17) is 0 Å². The largest absolute Gasteiger partial charge is 0.360 e. The first-order chi connectivity index (χ1) is 15.8. The van der Waals surface area contributed by atoms with E-state index in [0.717, 1.165) is 33.5 Å². The number of amides is 1. The molecule has 0 unspecified atom stereocenters. The smallest absolute Gasteiger partial charge is 0.338 e. The van der Waals surface area contributed by atoms with Crippen molar-refractivity contribution in [2.75, 3.05) is 0 Å². The molecule has 0 radical (unpaired) electrons. The predicted octanol–water partition coefficient (Wildman–Crippen LogP) is 5.13. The van der Waals surface area contributed by atoms with Crippen LogP contribution in [0.15, 0.2) is 102 Å². The van der Waals surface area contributed by atoms with Crippen LogP contribution < -0.4 is 4.91 Å². The molecule has 152 valence electrons. The molecule has 0 saturated carbocycles. The van der Waals surface area contributed by atoms with E-state index >= 15 is 0 Å². The normalized spacial score (nSPS) is 10.5. The van der Waals surface area contributed by atoms with Crippen LogP contribution in [-0.4, -0.2) is 25.8 Å². The number of aromatic nitrogens is 4. The molecule has 0 atom stereocenters. The Bertz CT molecular complexity index is 1450. The van der Waals surface area contributed by atoms with Crippen LogP contribution >= 0.6 is 0 Å². The lowest BCUT2D eigenvalue weighted by atomic mass is 10.1. The van der Waals surface area contributed by atoms with Crippen molar-refractivity contribution in [1.82, 2.24) is 24.8 Å². The summed E-state index contributed by atoms with van der Waals surface area (Å²) < 4.78 is 0. The molecule has 2 heterocycles. The molecule has 0 spiro atoms. The lowest BCUT2D eigenvalue weighted by Gasteiger charge is -2.01. The van der Waals surface area contributed by atoms with Gasteiger partial charge in [-0.05, 0) is 35.9 Å². The standard InChI is InChI=1S/C24H15N7O/c32-24(18-4-2-1-3-5-18)30-31-29-20-10-11-21-22(12-20)28-23(27-21)17-8-6-16(7-9-17)19-13-25-15-26-14-19/h1-15H/p+1. The summed E-state index contributed by atoms with van der Waals surface area (Å²) in [6, 6.07) is 22.2. The third kappa shape index (κ3) is 4.07. The first-order valence-electron chi connectivity index (χ1n) is 9.83. The Labute approximate surface area is 182 Å². The molecule has 0 aliphatic rings. The fourth-order valence-corrected chi connectivity index (χ4v) is 3.21. The number of imidazole rings is 1. The molecule has 2 aromatic heterocycles. The summed E-state index contributed by atoms with van der Waals surface area (Å²) in [5.74, 6) is 0.303. The monoisotopic (exact) mass is 418 g/mol. The second kappa shape index (κ2) is 8.51. The Morgan fingerprint density at radius 3 is 2.38 bits per heavy atom. The van der Waals surface area contributed by atoms with Crippen LogP contribution in [0.5, 0.6) is 0 Å². The maximum Gasteiger partial charge on any atom is 0.360 e. The number of hydrogen-bond donors (Lipinski definition) is 1. The zero-order valence-corrected chi connectivity index (χ0v) is 16.8. The highest BCUT2D eigenvalue weighted by atomic mass is 16.1. The van der Waals surface area contributed by atoms with E-state index in [2.05, 4.69) is 35.1 Å². The fourth-order valence-electron chi connectivity index (χ4n) is 3.21. The van der Waals surface area contributed by atoms with Gasteiger partial charge in [0.05, 0.1) is 11.0 Å². The first kappa shape index (κ1) is 19.2. The molecule has 0 saturated heterocycles. The average molecular weight is 418 g/mol. The summed E-state index contributed by atoms with van der Waals surface area (Å²) in [4.78, 5) is 31.7. The third-order valence-electron chi connectivity index (χ3n) is 4.84. The molecule has 0 aliphatic carbocycles. The van der Waals surface area contributed by atoms with E-state index < -0.39 is 5.91 Å². The van der Waals surface area contributed by atoms with Crippen molar-refractivity contribution in [3.8, 4) is 22.5 Å². The topological polar surface area (TPSA) is 110 Å². The van der Waals surface area contributed by atoms with Gasteiger partial charge in [-0.1, -0.05) is 42.5 Å². The van der Waals surface area contributed by atoms with Crippen molar-refractivity contribution >= 4 is 22.6 Å². The van der Waals surface area contributed by atoms with Gasteiger partial charge in [-0.25, -0.2) is 15.0 Å². The fraction of sp³-hybridized carbons (Fsp3) is 0. The molecule has 0 aliphatic heterocycles. The van der Waals surface area contributed by atoms with Crippen molar-refractivity contribution in [1.29, 1.82) is 0 Å². The van der Waals surface area contributed by atoms with Gasteiger partial charge in [0.15, 0.2) is 10.8 Å². The van der Waals surface area contributed by atoms with E-state index in [1.165, 1.54) is 6.33 Å². The predicted molar refractivity (Wildman–Crippen MR) is 120 cm³/mol. The van der Waals surface area contributed by atoms with Gasteiger partial charge in [-0.15, -0.1) is 0 Å². The Morgan fingerprint density at radius 2 is 1.59 bits per heavy atom.